The van der Waals surface area contributed by atoms with Crippen LogP contribution in [-0.4, -0.2) is 32.2 Å². The Labute approximate surface area is 142 Å². The number of alkyl carbamates (subject to hydrolysis) is 1. The number of ether oxygens (including phenoxy) is 1. The van der Waals surface area contributed by atoms with Crippen molar-refractivity contribution in [1.29, 1.82) is 5.26 Å². The van der Waals surface area contributed by atoms with Crippen molar-refractivity contribution in [3.8, 4) is 6.07 Å². The molecule has 0 radical (unpaired) electrons. The van der Waals surface area contributed by atoms with E-state index in [-0.39, 0.29) is 11.1 Å². The predicted octanol–water partition coefficient (Wildman–Crippen LogP) is 4.59. The summed E-state index contributed by atoms with van der Waals surface area (Å²) in [6.45, 7) is 18.1. The van der Waals surface area contributed by atoms with Gasteiger partial charge in [0.05, 0.1) is 12.1 Å². The lowest BCUT2D eigenvalue weighted by atomic mass is 10.1. The van der Waals surface area contributed by atoms with Gasteiger partial charge in [-0.15, -0.1) is 0 Å². The molecule has 0 fully saturated rings. The zero-order valence-electron chi connectivity index (χ0n) is 16.2. The van der Waals surface area contributed by atoms with E-state index in [9.17, 15) is 10.1 Å². The van der Waals surface area contributed by atoms with Gasteiger partial charge in [0.2, 0.25) is 0 Å². The lowest BCUT2D eigenvalue weighted by Gasteiger charge is -2.39. The second-order valence-corrected chi connectivity index (χ2v) is 13.2. The molecular formula is C17H34N2O3Si. The van der Waals surface area contributed by atoms with E-state index in [1.54, 1.807) is 0 Å². The van der Waals surface area contributed by atoms with Gasteiger partial charge in [-0.25, -0.2) is 4.79 Å². The average molecular weight is 343 g/mol. The van der Waals surface area contributed by atoms with Crippen molar-refractivity contribution in [1.82, 2.24) is 5.32 Å². The van der Waals surface area contributed by atoms with Gasteiger partial charge in [0.25, 0.3) is 0 Å². The third-order valence-electron chi connectivity index (χ3n) is 4.02. The van der Waals surface area contributed by atoms with Crippen LogP contribution in [0.15, 0.2) is 0 Å². The number of carbonyl (C=O) groups is 1. The molecule has 0 spiro atoms. The van der Waals surface area contributed by atoms with Gasteiger partial charge < -0.3 is 14.5 Å². The number of amides is 1. The average Bonchev–Trinajstić information content (AvgIpc) is 2.31. The first-order valence-electron chi connectivity index (χ1n) is 8.30. The minimum Gasteiger partial charge on any atom is -0.444 e. The van der Waals surface area contributed by atoms with Crippen LogP contribution in [0.5, 0.6) is 0 Å². The van der Waals surface area contributed by atoms with Crippen molar-refractivity contribution in [2.24, 2.45) is 0 Å². The van der Waals surface area contributed by atoms with Gasteiger partial charge in [0.15, 0.2) is 14.4 Å². The van der Waals surface area contributed by atoms with Gasteiger partial charge in [-0.3, -0.25) is 0 Å². The van der Waals surface area contributed by atoms with Crippen LogP contribution in [-0.2, 0) is 9.16 Å². The predicted molar refractivity (Wildman–Crippen MR) is 95.7 cm³/mol. The molecule has 0 aromatic rings. The summed E-state index contributed by atoms with van der Waals surface area (Å²) in [5, 5.41) is 12.4. The number of nitrogens with one attached hydrogen (secondary N) is 1. The van der Waals surface area contributed by atoms with Crippen LogP contribution in [0.3, 0.4) is 0 Å². The van der Waals surface area contributed by atoms with Crippen molar-refractivity contribution in [3.63, 3.8) is 0 Å². The highest BCUT2D eigenvalue weighted by molar-refractivity contribution is 6.74. The number of nitrogens with zero attached hydrogens (tertiary/aromatic N) is 1. The topological polar surface area (TPSA) is 71.3 Å². The van der Waals surface area contributed by atoms with Crippen molar-refractivity contribution in [2.45, 2.75) is 97.2 Å². The Bertz CT molecular complexity index is 431. The molecule has 134 valence electrons. The van der Waals surface area contributed by atoms with Gasteiger partial charge in [0.1, 0.15) is 5.60 Å². The smallest absolute Gasteiger partial charge is 0.407 e. The Kier molecular flexibility index (Phi) is 7.78. The van der Waals surface area contributed by atoms with Crippen molar-refractivity contribution in [2.75, 3.05) is 0 Å². The molecule has 0 aromatic carbocycles. The second-order valence-electron chi connectivity index (χ2n) is 8.47. The maximum absolute atomic E-state index is 12.0. The molecule has 0 aliphatic carbocycles. The molecule has 0 bridgehead atoms. The Morgan fingerprint density at radius 2 is 1.74 bits per heavy atom. The number of carbonyl (C=O) groups excluding carboxylic acids is 1. The monoisotopic (exact) mass is 342 g/mol. The summed E-state index contributed by atoms with van der Waals surface area (Å²) in [5.41, 5.74) is -0.566. The van der Waals surface area contributed by atoms with Crippen LogP contribution >= 0.6 is 0 Å². The fourth-order valence-corrected chi connectivity index (χ4v) is 2.97. The lowest BCUT2D eigenvalue weighted by molar-refractivity contribution is 0.0459. The molecule has 0 aliphatic heterocycles. The summed E-state index contributed by atoms with van der Waals surface area (Å²) in [4.78, 5) is 12.0. The molecule has 0 rings (SSSR count). The molecule has 5 nitrogen and oxygen atoms in total. The van der Waals surface area contributed by atoms with Gasteiger partial charge in [-0.05, 0) is 45.3 Å². The molecule has 0 saturated heterocycles. The molecule has 0 saturated carbocycles. The van der Waals surface area contributed by atoms with Crippen LogP contribution in [0.2, 0.25) is 18.1 Å². The summed E-state index contributed by atoms with van der Waals surface area (Å²) in [6, 6.07) is 1.86. The summed E-state index contributed by atoms with van der Waals surface area (Å²) >= 11 is 0. The van der Waals surface area contributed by atoms with E-state index in [0.717, 1.165) is 6.42 Å². The number of rotatable bonds is 6. The van der Waals surface area contributed by atoms with E-state index in [4.69, 9.17) is 9.16 Å². The Morgan fingerprint density at radius 3 is 2.09 bits per heavy atom. The van der Waals surface area contributed by atoms with Gasteiger partial charge in [-0.1, -0.05) is 34.1 Å². The van der Waals surface area contributed by atoms with E-state index in [0.29, 0.717) is 6.42 Å². The summed E-state index contributed by atoms with van der Waals surface area (Å²) in [7, 11) is -2.09. The van der Waals surface area contributed by atoms with Crippen molar-refractivity contribution in [3.05, 3.63) is 0 Å². The van der Waals surface area contributed by atoms with Crippen LogP contribution in [0.25, 0.3) is 0 Å². The maximum Gasteiger partial charge on any atom is 0.407 e. The molecular weight excluding hydrogens is 308 g/mol. The normalized spacial score (nSPS) is 15.5. The molecule has 0 aromatic heterocycles. The highest BCUT2D eigenvalue weighted by Gasteiger charge is 2.41. The molecule has 0 heterocycles. The van der Waals surface area contributed by atoms with E-state index in [1.165, 1.54) is 0 Å². The van der Waals surface area contributed by atoms with Crippen molar-refractivity contribution < 1.29 is 14.0 Å². The third kappa shape index (κ3) is 7.84. The first kappa shape index (κ1) is 21.9. The van der Waals surface area contributed by atoms with Gasteiger partial charge >= 0.3 is 6.09 Å². The highest BCUT2D eigenvalue weighted by atomic mass is 28.4. The fraction of sp³-hybridized carbons (Fsp3) is 0.882. The van der Waals surface area contributed by atoms with E-state index in [1.807, 2.05) is 27.7 Å². The molecule has 23 heavy (non-hydrogen) atoms. The van der Waals surface area contributed by atoms with Gasteiger partial charge in [0, 0.05) is 0 Å². The number of hydrogen-bond acceptors (Lipinski definition) is 4. The van der Waals surface area contributed by atoms with Crippen LogP contribution in [0.1, 0.15) is 61.3 Å². The Morgan fingerprint density at radius 1 is 1.22 bits per heavy atom. The summed E-state index contributed by atoms with van der Waals surface area (Å²) in [6.07, 6.45) is 0.351. The Hall–Kier alpha value is -1.06. The molecule has 2 atom stereocenters. The molecule has 1 N–H and O–H groups in total. The quantitative estimate of drug-likeness (QED) is 0.716. The number of hydrogen-bond donors (Lipinski definition) is 1. The first-order chi connectivity index (χ1) is 10.2. The molecule has 1 amide bonds. The van der Waals surface area contributed by atoms with Crippen molar-refractivity contribution >= 4 is 14.4 Å². The molecule has 0 aliphatic rings. The standard InChI is InChI=1S/C17H34N2O3Si/c1-10-11-13(19-15(20)21-16(2,3)4)14(12-18)22-23(8,9)17(5,6)7/h13-14H,10-11H2,1-9H3,(H,19,20)/t13-,14?/m0/s1. The van der Waals surface area contributed by atoms with E-state index < -0.39 is 26.1 Å². The largest absolute Gasteiger partial charge is 0.444 e. The highest BCUT2D eigenvalue weighted by Crippen LogP contribution is 2.37. The first-order valence-corrected chi connectivity index (χ1v) is 11.2. The van der Waals surface area contributed by atoms with E-state index in [2.05, 4.69) is 45.3 Å². The maximum atomic E-state index is 12.0. The van der Waals surface area contributed by atoms with Gasteiger partial charge in [-0.2, -0.15) is 5.26 Å². The lowest BCUT2D eigenvalue weighted by Crippen LogP contribution is -2.52. The van der Waals surface area contributed by atoms with Crippen LogP contribution in [0, 0.1) is 11.3 Å². The zero-order chi connectivity index (χ0) is 18.5. The zero-order valence-corrected chi connectivity index (χ0v) is 17.2. The minimum absolute atomic E-state index is 0.00475. The fourth-order valence-electron chi connectivity index (χ4n) is 1.76. The summed E-state index contributed by atoms with van der Waals surface area (Å²) in [5.74, 6) is 0. The van der Waals surface area contributed by atoms with Crippen LogP contribution in [0.4, 0.5) is 4.79 Å². The SMILES string of the molecule is CCC[C@H](NC(=O)OC(C)(C)C)C(C#N)O[Si](C)(C)C(C)(C)C. The molecule has 1 unspecified atom stereocenters. The molecule has 6 heteroatoms. The Balaban J connectivity index is 5.10. The number of nitriles is 1. The third-order valence-corrected chi connectivity index (χ3v) is 8.48. The van der Waals surface area contributed by atoms with E-state index >= 15 is 0 Å². The minimum atomic E-state index is -2.09. The summed E-state index contributed by atoms with van der Waals surface area (Å²) < 4.78 is 11.5. The van der Waals surface area contributed by atoms with Crippen LogP contribution < -0.4 is 5.32 Å². The second kappa shape index (κ2) is 8.16.